The van der Waals surface area contributed by atoms with Gasteiger partial charge < -0.3 is 9.88 Å². The van der Waals surface area contributed by atoms with Crippen LogP contribution in [0, 0.1) is 0 Å². The third kappa shape index (κ3) is 1.87. The monoisotopic (exact) mass is 221 g/mol. The maximum Gasteiger partial charge on any atom is 0.0955 e. The van der Waals surface area contributed by atoms with Crippen LogP contribution in [0.5, 0.6) is 0 Å². The Hall–Kier alpha value is -1.00. The van der Waals surface area contributed by atoms with E-state index in [-0.39, 0.29) is 0 Å². The number of rotatable bonds is 3. The largest absolute Gasteiger partial charge is 0.334 e. The van der Waals surface area contributed by atoms with Crippen LogP contribution in [0.2, 0.25) is 0 Å². The minimum Gasteiger partial charge on any atom is -0.334 e. The molecule has 1 aromatic carbocycles. The van der Waals surface area contributed by atoms with E-state index in [1.165, 1.54) is 5.56 Å². The summed E-state index contributed by atoms with van der Waals surface area (Å²) in [5.74, 6) is 0.787. The summed E-state index contributed by atoms with van der Waals surface area (Å²) in [7, 11) is 3.95. The third-order valence-corrected chi connectivity index (χ3v) is 3.05. The summed E-state index contributed by atoms with van der Waals surface area (Å²) in [5.41, 5.74) is 3.43. The molecule has 2 rings (SSSR count). The first kappa shape index (κ1) is 10.5. The molecule has 0 saturated heterocycles. The summed E-state index contributed by atoms with van der Waals surface area (Å²) in [6.07, 6.45) is 1.84. The van der Waals surface area contributed by atoms with Gasteiger partial charge >= 0.3 is 0 Å². The van der Waals surface area contributed by atoms with Crippen LogP contribution in [-0.4, -0.2) is 22.4 Å². The number of nitrogens with one attached hydrogen (secondary N) is 1. The molecule has 1 heterocycles. The standard InChI is InChI=1S/C11H15N3S/c1-12-10(6-15)8-3-4-11-9(5-8)13-7-14(11)2/h3-5,7,10,12,15H,6H2,1-2H3. The van der Waals surface area contributed by atoms with E-state index in [1.54, 1.807) is 0 Å². The molecule has 3 nitrogen and oxygen atoms in total. The van der Waals surface area contributed by atoms with Gasteiger partial charge in [0.1, 0.15) is 0 Å². The van der Waals surface area contributed by atoms with Crippen LogP contribution in [-0.2, 0) is 7.05 Å². The molecule has 15 heavy (non-hydrogen) atoms. The van der Waals surface area contributed by atoms with E-state index in [1.807, 2.05) is 25.0 Å². The predicted molar refractivity (Wildman–Crippen MR) is 66.4 cm³/mol. The minimum atomic E-state index is 0.291. The second-order valence-corrected chi connectivity index (χ2v) is 3.99. The highest BCUT2D eigenvalue weighted by Crippen LogP contribution is 2.19. The van der Waals surface area contributed by atoms with E-state index in [0.717, 1.165) is 16.8 Å². The molecule has 0 saturated carbocycles. The maximum absolute atomic E-state index is 4.34. The first-order chi connectivity index (χ1) is 7.26. The molecule has 1 aromatic heterocycles. The number of thiol groups is 1. The van der Waals surface area contributed by atoms with Crippen molar-refractivity contribution >= 4 is 23.7 Å². The Bertz CT molecular complexity index is 460. The lowest BCUT2D eigenvalue weighted by Gasteiger charge is -2.13. The summed E-state index contributed by atoms with van der Waals surface area (Å²) >= 11 is 4.32. The Balaban J connectivity index is 2.46. The van der Waals surface area contributed by atoms with Crippen LogP contribution >= 0.6 is 12.6 Å². The molecule has 80 valence electrons. The summed E-state index contributed by atoms with van der Waals surface area (Å²) in [6, 6.07) is 6.64. The van der Waals surface area contributed by atoms with Crippen molar-refractivity contribution in [2.45, 2.75) is 6.04 Å². The number of fused-ring (bicyclic) bond motifs is 1. The molecular weight excluding hydrogens is 206 g/mol. The molecule has 0 fully saturated rings. The Labute approximate surface area is 94.9 Å². The lowest BCUT2D eigenvalue weighted by molar-refractivity contribution is 0.664. The Morgan fingerprint density at radius 1 is 1.53 bits per heavy atom. The fraction of sp³-hybridized carbons (Fsp3) is 0.364. The van der Waals surface area contributed by atoms with Gasteiger partial charge in [-0.25, -0.2) is 4.98 Å². The maximum atomic E-state index is 4.34. The summed E-state index contributed by atoms with van der Waals surface area (Å²) in [4.78, 5) is 4.34. The van der Waals surface area contributed by atoms with Crippen molar-refractivity contribution in [3.8, 4) is 0 Å². The Morgan fingerprint density at radius 3 is 3.00 bits per heavy atom. The van der Waals surface area contributed by atoms with E-state index >= 15 is 0 Å². The fourth-order valence-corrected chi connectivity index (χ4v) is 2.13. The normalized spacial score (nSPS) is 13.3. The van der Waals surface area contributed by atoms with Gasteiger partial charge in [0, 0.05) is 18.8 Å². The average molecular weight is 221 g/mol. The van der Waals surface area contributed by atoms with Gasteiger partial charge in [-0.3, -0.25) is 0 Å². The predicted octanol–water partition coefficient (Wildman–Crippen LogP) is 1.76. The molecule has 4 heteroatoms. The van der Waals surface area contributed by atoms with E-state index in [2.05, 4.69) is 41.1 Å². The fourth-order valence-electron chi connectivity index (χ4n) is 1.73. The molecule has 0 spiro atoms. The first-order valence-electron chi connectivity index (χ1n) is 4.95. The Morgan fingerprint density at radius 2 is 2.33 bits per heavy atom. The van der Waals surface area contributed by atoms with Crippen LogP contribution in [0.1, 0.15) is 11.6 Å². The van der Waals surface area contributed by atoms with E-state index in [0.29, 0.717) is 6.04 Å². The van der Waals surface area contributed by atoms with Gasteiger partial charge in [0.25, 0.3) is 0 Å². The number of benzene rings is 1. The highest BCUT2D eigenvalue weighted by molar-refractivity contribution is 7.80. The minimum absolute atomic E-state index is 0.291. The molecular formula is C11H15N3S. The van der Waals surface area contributed by atoms with Crippen molar-refractivity contribution in [1.29, 1.82) is 0 Å². The Kier molecular flexibility index (Phi) is 2.98. The lowest BCUT2D eigenvalue weighted by Crippen LogP contribution is -2.17. The van der Waals surface area contributed by atoms with Crippen molar-refractivity contribution in [2.24, 2.45) is 7.05 Å². The van der Waals surface area contributed by atoms with Crippen molar-refractivity contribution in [3.05, 3.63) is 30.1 Å². The second kappa shape index (κ2) is 4.24. The highest BCUT2D eigenvalue weighted by Gasteiger charge is 2.08. The summed E-state index contributed by atoms with van der Waals surface area (Å²) < 4.78 is 2.02. The number of hydrogen-bond acceptors (Lipinski definition) is 3. The number of aromatic nitrogens is 2. The topological polar surface area (TPSA) is 29.9 Å². The van der Waals surface area contributed by atoms with Crippen LogP contribution in [0.4, 0.5) is 0 Å². The molecule has 1 unspecified atom stereocenters. The van der Waals surface area contributed by atoms with Gasteiger partial charge in [-0.1, -0.05) is 6.07 Å². The second-order valence-electron chi connectivity index (χ2n) is 3.63. The van der Waals surface area contributed by atoms with E-state index < -0.39 is 0 Å². The molecule has 2 aromatic rings. The quantitative estimate of drug-likeness (QED) is 0.774. The van der Waals surface area contributed by atoms with Crippen LogP contribution in [0.15, 0.2) is 24.5 Å². The molecule has 1 atom stereocenters. The van der Waals surface area contributed by atoms with Crippen LogP contribution in [0.3, 0.4) is 0 Å². The van der Waals surface area contributed by atoms with Crippen LogP contribution < -0.4 is 5.32 Å². The molecule has 0 bridgehead atoms. The SMILES string of the molecule is CNC(CS)c1ccc2c(c1)ncn2C. The van der Waals surface area contributed by atoms with Gasteiger partial charge in [-0.05, 0) is 24.7 Å². The summed E-state index contributed by atoms with van der Waals surface area (Å²) in [5, 5.41) is 3.23. The van der Waals surface area contributed by atoms with Gasteiger partial charge in [-0.15, -0.1) is 0 Å². The van der Waals surface area contributed by atoms with Gasteiger partial charge in [0.05, 0.1) is 17.4 Å². The highest BCUT2D eigenvalue weighted by atomic mass is 32.1. The first-order valence-corrected chi connectivity index (χ1v) is 5.58. The number of hydrogen-bond donors (Lipinski definition) is 2. The van der Waals surface area contributed by atoms with Gasteiger partial charge in [0.2, 0.25) is 0 Å². The number of aryl methyl sites for hydroxylation is 1. The van der Waals surface area contributed by atoms with Gasteiger partial charge in [0.15, 0.2) is 0 Å². The summed E-state index contributed by atoms with van der Waals surface area (Å²) in [6.45, 7) is 0. The lowest BCUT2D eigenvalue weighted by atomic mass is 10.1. The molecule has 0 aliphatic heterocycles. The van der Waals surface area contributed by atoms with Crippen molar-refractivity contribution < 1.29 is 0 Å². The molecule has 0 radical (unpaired) electrons. The van der Waals surface area contributed by atoms with Crippen LogP contribution in [0.25, 0.3) is 11.0 Å². The molecule has 0 aliphatic carbocycles. The zero-order valence-electron chi connectivity index (χ0n) is 8.94. The van der Waals surface area contributed by atoms with E-state index in [9.17, 15) is 0 Å². The van der Waals surface area contributed by atoms with Crippen molar-refractivity contribution in [1.82, 2.24) is 14.9 Å². The zero-order valence-corrected chi connectivity index (χ0v) is 9.83. The average Bonchev–Trinajstić information content (AvgIpc) is 2.62. The third-order valence-electron chi connectivity index (χ3n) is 2.68. The molecule has 0 amide bonds. The van der Waals surface area contributed by atoms with Gasteiger partial charge in [-0.2, -0.15) is 12.6 Å². The number of nitrogens with zero attached hydrogens (tertiary/aromatic N) is 2. The smallest absolute Gasteiger partial charge is 0.0955 e. The molecule has 1 N–H and O–H groups in total. The van der Waals surface area contributed by atoms with Crippen molar-refractivity contribution in [2.75, 3.05) is 12.8 Å². The molecule has 0 aliphatic rings. The van der Waals surface area contributed by atoms with Crippen molar-refractivity contribution in [3.63, 3.8) is 0 Å². The zero-order chi connectivity index (χ0) is 10.8. The van der Waals surface area contributed by atoms with E-state index in [4.69, 9.17) is 0 Å². The number of imidazole rings is 1.